The molecule has 2 fully saturated rings. The summed E-state index contributed by atoms with van der Waals surface area (Å²) in [7, 11) is 1.60. The smallest absolute Gasteiger partial charge is 0.256 e. The number of nitrogens with one attached hydrogen (secondary N) is 1. The van der Waals surface area contributed by atoms with Gasteiger partial charge in [0.05, 0.1) is 19.2 Å². The number of anilines is 2. The zero-order valence-corrected chi connectivity index (χ0v) is 22.3. The monoisotopic (exact) mass is 528 g/mol. The van der Waals surface area contributed by atoms with Crippen LogP contribution in [0, 0.1) is 0 Å². The number of likely N-dealkylation sites (tertiary alicyclic amines) is 1. The third kappa shape index (κ3) is 5.71. The summed E-state index contributed by atoms with van der Waals surface area (Å²) in [5, 5.41) is 3.40. The zero-order valence-electron chi connectivity index (χ0n) is 21.5. The molecule has 0 aliphatic carbocycles. The summed E-state index contributed by atoms with van der Waals surface area (Å²) in [6, 6.07) is 26.5. The molecular formula is C30H32N4O3S. The van der Waals surface area contributed by atoms with Gasteiger partial charge in [-0.25, -0.2) is 0 Å². The molecule has 0 bridgehead atoms. The molecule has 8 heteroatoms. The topological polar surface area (TPSA) is 65.1 Å². The molecular weight excluding hydrogens is 496 g/mol. The third-order valence-corrected chi connectivity index (χ3v) is 7.61. The van der Waals surface area contributed by atoms with Gasteiger partial charge in [-0.1, -0.05) is 48.5 Å². The van der Waals surface area contributed by atoms with E-state index in [4.69, 9.17) is 17.0 Å². The van der Waals surface area contributed by atoms with Crippen LogP contribution in [0.5, 0.6) is 5.75 Å². The number of para-hydroxylation sites is 1. The highest BCUT2D eigenvalue weighted by molar-refractivity contribution is 7.80. The van der Waals surface area contributed by atoms with Crippen molar-refractivity contribution in [3.63, 3.8) is 0 Å². The second kappa shape index (κ2) is 11.8. The minimum absolute atomic E-state index is 0.0264. The van der Waals surface area contributed by atoms with Gasteiger partial charge in [0.1, 0.15) is 11.8 Å². The highest BCUT2D eigenvalue weighted by atomic mass is 32.1. The first-order valence-corrected chi connectivity index (χ1v) is 13.4. The first kappa shape index (κ1) is 25.9. The molecule has 2 saturated heterocycles. The minimum atomic E-state index is -0.647. The molecule has 196 valence electrons. The first-order valence-electron chi connectivity index (χ1n) is 12.9. The first-order chi connectivity index (χ1) is 18.5. The van der Waals surface area contributed by atoms with Crippen molar-refractivity contribution in [1.29, 1.82) is 0 Å². The number of nitrogens with zero attached hydrogens (tertiary/aromatic N) is 3. The van der Waals surface area contributed by atoms with E-state index < -0.39 is 6.04 Å². The zero-order chi connectivity index (χ0) is 26.5. The van der Waals surface area contributed by atoms with Gasteiger partial charge in [0.2, 0.25) is 5.91 Å². The predicted octanol–water partition coefficient (Wildman–Crippen LogP) is 4.69. The van der Waals surface area contributed by atoms with E-state index in [9.17, 15) is 9.59 Å². The number of piperidine rings is 1. The fourth-order valence-electron chi connectivity index (χ4n) is 5.28. The summed E-state index contributed by atoms with van der Waals surface area (Å²) >= 11 is 5.90. The number of amides is 2. The van der Waals surface area contributed by atoms with Crippen LogP contribution in [0.1, 0.15) is 24.8 Å². The van der Waals surface area contributed by atoms with Gasteiger partial charge in [0.25, 0.3) is 5.91 Å². The van der Waals surface area contributed by atoms with Crippen LogP contribution in [0.15, 0.2) is 84.9 Å². The van der Waals surface area contributed by atoms with Crippen LogP contribution in [-0.2, 0) is 16.1 Å². The minimum Gasteiger partial charge on any atom is -0.497 e. The van der Waals surface area contributed by atoms with Gasteiger partial charge >= 0.3 is 0 Å². The van der Waals surface area contributed by atoms with Crippen molar-refractivity contribution >= 4 is 40.5 Å². The number of ether oxygens (including phenoxy) is 1. The Labute approximate surface area is 229 Å². The Bertz CT molecular complexity index is 1260. The largest absolute Gasteiger partial charge is 0.497 e. The number of hydrogen-bond donors (Lipinski definition) is 1. The number of hydrogen-bond acceptors (Lipinski definition) is 5. The van der Waals surface area contributed by atoms with E-state index in [0.717, 1.165) is 38.2 Å². The van der Waals surface area contributed by atoms with E-state index in [1.165, 1.54) is 5.56 Å². The maximum atomic E-state index is 13.7. The molecule has 38 heavy (non-hydrogen) atoms. The lowest BCUT2D eigenvalue weighted by molar-refractivity contribution is -0.125. The standard InChI is InChI=1S/C30H32N4O3S/c1-37-26-14-12-23(13-15-26)31-28(35)20-27-29(36)34(24-10-6-3-7-11-24)30(38)33(27)25-16-18-32(19-17-25)21-22-8-4-2-5-9-22/h2-15,25,27H,16-21H2,1H3,(H,31,35)/t27-/m0/s1. The predicted molar refractivity (Wildman–Crippen MR) is 153 cm³/mol. The molecule has 0 radical (unpaired) electrons. The highest BCUT2D eigenvalue weighted by Gasteiger charge is 2.47. The summed E-state index contributed by atoms with van der Waals surface area (Å²) in [6.07, 6.45) is 1.78. The average Bonchev–Trinajstić information content (AvgIpc) is 3.19. The van der Waals surface area contributed by atoms with Gasteiger partial charge in [0.15, 0.2) is 5.11 Å². The number of benzene rings is 3. The SMILES string of the molecule is COc1ccc(NC(=O)C[C@H]2C(=O)N(c3ccccc3)C(=S)N2C2CCN(Cc3ccccc3)CC2)cc1. The molecule has 1 N–H and O–H groups in total. The number of methoxy groups -OCH3 is 1. The third-order valence-electron chi connectivity index (χ3n) is 7.22. The normalized spacial score (nSPS) is 18.6. The average molecular weight is 529 g/mol. The van der Waals surface area contributed by atoms with Crippen LogP contribution < -0.4 is 15.0 Å². The Morgan fingerprint density at radius 2 is 1.58 bits per heavy atom. The molecule has 1 atom stereocenters. The highest BCUT2D eigenvalue weighted by Crippen LogP contribution is 2.32. The lowest BCUT2D eigenvalue weighted by Gasteiger charge is -2.39. The van der Waals surface area contributed by atoms with Crippen LogP contribution in [0.3, 0.4) is 0 Å². The Morgan fingerprint density at radius 1 is 0.947 bits per heavy atom. The summed E-state index contributed by atoms with van der Waals surface area (Å²) in [4.78, 5) is 32.9. The lowest BCUT2D eigenvalue weighted by Crippen LogP contribution is -2.49. The van der Waals surface area contributed by atoms with Crippen LogP contribution in [0.2, 0.25) is 0 Å². The lowest BCUT2D eigenvalue weighted by atomic mass is 10.00. The summed E-state index contributed by atoms with van der Waals surface area (Å²) < 4.78 is 5.20. The van der Waals surface area contributed by atoms with Crippen molar-refractivity contribution in [1.82, 2.24) is 9.80 Å². The second-order valence-electron chi connectivity index (χ2n) is 9.69. The van der Waals surface area contributed by atoms with E-state index in [0.29, 0.717) is 16.5 Å². The number of carbonyl (C=O) groups is 2. The summed E-state index contributed by atoms with van der Waals surface area (Å²) in [5.41, 5.74) is 2.68. The van der Waals surface area contributed by atoms with Gasteiger partial charge in [-0.15, -0.1) is 0 Å². The molecule has 2 amide bonds. The fraction of sp³-hybridized carbons (Fsp3) is 0.300. The maximum Gasteiger partial charge on any atom is 0.256 e. The van der Waals surface area contributed by atoms with Gasteiger partial charge in [-0.3, -0.25) is 19.4 Å². The molecule has 7 nitrogen and oxygen atoms in total. The molecule has 0 aromatic heterocycles. The van der Waals surface area contributed by atoms with Gasteiger partial charge in [-0.2, -0.15) is 0 Å². The maximum absolute atomic E-state index is 13.7. The molecule has 0 unspecified atom stereocenters. The van der Waals surface area contributed by atoms with Crippen molar-refractivity contribution in [2.24, 2.45) is 0 Å². The number of rotatable bonds is 8. The van der Waals surface area contributed by atoms with E-state index in [2.05, 4.69) is 34.5 Å². The summed E-state index contributed by atoms with van der Waals surface area (Å²) in [6.45, 7) is 2.71. The second-order valence-corrected chi connectivity index (χ2v) is 10.1. The molecule has 5 rings (SSSR count). The fourth-order valence-corrected chi connectivity index (χ4v) is 5.75. The van der Waals surface area contributed by atoms with Crippen molar-refractivity contribution in [3.05, 3.63) is 90.5 Å². The van der Waals surface area contributed by atoms with Crippen molar-refractivity contribution < 1.29 is 14.3 Å². The van der Waals surface area contributed by atoms with Crippen LogP contribution in [-0.4, -0.2) is 59.0 Å². The van der Waals surface area contributed by atoms with E-state index in [1.807, 2.05) is 41.3 Å². The van der Waals surface area contributed by atoms with Crippen molar-refractivity contribution in [3.8, 4) is 5.75 Å². The van der Waals surface area contributed by atoms with E-state index in [-0.39, 0.29) is 24.3 Å². The number of thiocarbonyl (C=S) groups is 1. The van der Waals surface area contributed by atoms with E-state index in [1.54, 1.807) is 36.3 Å². The Balaban J connectivity index is 1.31. The van der Waals surface area contributed by atoms with Gasteiger partial charge in [-0.05, 0) is 67.0 Å². The van der Waals surface area contributed by atoms with Crippen LogP contribution >= 0.6 is 12.2 Å². The quantitative estimate of drug-likeness (QED) is 0.428. The molecule has 2 heterocycles. The molecule has 3 aromatic rings. The van der Waals surface area contributed by atoms with Gasteiger partial charge in [0, 0.05) is 31.4 Å². The summed E-state index contributed by atoms with van der Waals surface area (Å²) in [5.74, 6) is 0.332. The molecule has 2 aliphatic rings. The molecule has 2 aliphatic heterocycles. The molecule has 0 saturated carbocycles. The molecule has 0 spiro atoms. The van der Waals surface area contributed by atoms with Crippen molar-refractivity contribution in [2.75, 3.05) is 30.4 Å². The Morgan fingerprint density at radius 3 is 2.21 bits per heavy atom. The Hall–Kier alpha value is -3.75. The van der Waals surface area contributed by atoms with Crippen LogP contribution in [0.25, 0.3) is 0 Å². The van der Waals surface area contributed by atoms with E-state index >= 15 is 0 Å². The van der Waals surface area contributed by atoms with Crippen molar-refractivity contribution in [2.45, 2.75) is 37.9 Å². The molecule has 3 aromatic carbocycles. The Kier molecular flexibility index (Phi) is 8.00. The number of carbonyl (C=O) groups excluding carboxylic acids is 2. The van der Waals surface area contributed by atoms with Gasteiger partial charge < -0.3 is 15.0 Å². The van der Waals surface area contributed by atoms with Crippen LogP contribution in [0.4, 0.5) is 11.4 Å².